The fourth-order valence-corrected chi connectivity index (χ4v) is 3.51. The molecular formula is C21H29N7O3. The van der Waals surface area contributed by atoms with Crippen LogP contribution in [0, 0.1) is 0 Å². The van der Waals surface area contributed by atoms with Crippen LogP contribution in [0.1, 0.15) is 20.8 Å². The third kappa shape index (κ3) is 4.79. The highest BCUT2D eigenvalue weighted by molar-refractivity contribution is 5.69. The van der Waals surface area contributed by atoms with Gasteiger partial charge in [0, 0.05) is 51.1 Å². The summed E-state index contributed by atoms with van der Waals surface area (Å²) in [6.07, 6.45) is 7.14. The van der Waals surface area contributed by atoms with Gasteiger partial charge in [-0.2, -0.15) is 5.10 Å². The second kappa shape index (κ2) is 8.54. The van der Waals surface area contributed by atoms with Crippen LogP contribution in [0.15, 0.2) is 31.0 Å². The predicted molar refractivity (Wildman–Crippen MR) is 116 cm³/mol. The molecule has 1 aliphatic rings. The van der Waals surface area contributed by atoms with E-state index in [0.29, 0.717) is 39.3 Å². The number of methoxy groups -OCH3 is 1. The maximum Gasteiger partial charge on any atom is 0.410 e. The van der Waals surface area contributed by atoms with Crippen LogP contribution in [-0.2, 0) is 16.0 Å². The minimum atomic E-state index is -0.487. The summed E-state index contributed by atoms with van der Waals surface area (Å²) >= 11 is 0. The second-order valence-electron chi connectivity index (χ2n) is 8.56. The van der Waals surface area contributed by atoms with Crippen LogP contribution >= 0.6 is 0 Å². The highest BCUT2D eigenvalue weighted by atomic mass is 16.6. The van der Waals surface area contributed by atoms with Crippen molar-refractivity contribution in [2.24, 2.45) is 0 Å². The van der Waals surface area contributed by atoms with Crippen molar-refractivity contribution in [2.75, 3.05) is 44.8 Å². The molecule has 31 heavy (non-hydrogen) atoms. The number of hydrogen-bond acceptors (Lipinski definition) is 7. The van der Waals surface area contributed by atoms with E-state index in [1.54, 1.807) is 24.5 Å². The number of carbonyl (C=O) groups excluding carboxylic acids is 1. The average Bonchev–Trinajstić information content (AvgIpc) is 3.38. The summed E-state index contributed by atoms with van der Waals surface area (Å²) in [6, 6.07) is 1.96. The van der Waals surface area contributed by atoms with Gasteiger partial charge in [-0.05, 0) is 20.8 Å². The van der Waals surface area contributed by atoms with E-state index in [-0.39, 0.29) is 6.09 Å². The zero-order chi connectivity index (χ0) is 22.0. The summed E-state index contributed by atoms with van der Waals surface area (Å²) in [4.78, 5) is 25.4. The minimum absolute atomic E-state index is 0.261. The number of fused-ring (bicyclic) bond motifs is 1. The van der Waals surface area contributed by atoms with E-state index in [9.17, 15) is 4.79 Å². The number of hydrogen-bond donors (Lipinski definition) is 0. The van der Waals surface area contributed by atoms with Gasteiger partial charge in [0.15, 0.2) is 0 Å². The molecular weight excluding hydrogens is 398 g/mol. The first kappa shape index (κ1) is 21.1. The lowest BCUT2D eigenvalue weighted by molar-refractivity contribution is 0.0240. The van der Waals surface area contributed by atoms with E-state index in [1.807, 2.05) is 48.3 Å². The average molecular weight is 428 g/mol. The van der Waals surface area contributed by atoms with Crippen LogP contribution in [-0.4, -0.2) is 80.6 Å². The van der Waals surface area contributed by atoms with E-state index in [0.717, 1.165) is 22.7 Å². The van der Waals surface area contributed by atoms with Gasteiger partial charge in [0.25, 0.3) is 0 Å². The van der Waals surface area contributed by atoms with Crippen LogP contribution in [0.4, 0.5) is 10.6 Å². The Bertz CT molecular complexity index is 1040. The standard InChI is InChI=1S/C21H29N7O3/c1-21(2,3)31-20(29)26-7-5-25(6-8-26)19-13-22-18-11-17(23-15-28(18)19)16-12-24-27(14-16)9-10-30-4/h11-15H,5-10H2,1-4H3. The summed E-state index contributed by atoms with van der Waals surface area (Å²) in [5.41, 5.74) is 2.09. The summed E-state index contributed by atoms with van der Waals surface area (Å²) < 4.78 is 14.4. The minimum Gasteiger partial charge on any atom is -0.444 e. The number of ether oxygens (including phenoxy) is 2. The first-order valence-corrected chi connectivity index (χ1v) is 10.4. The number of aromatic nitrogens is 5. The third-order valence-electron chi connectivity index (χ3n) is 5.09. The molecule has 1 fully saturated rings. The van der Waals surface area contributed by atoms with E-state index < -0.39 is 5.60 Å². The van der Waals surface area contributed by atoms with Gasteiger partial charge in [-0.15, -0.1) is 0 Å². The Hall–Kier alpha value is -3.14. The molecule has 166 valence electrons. The van der Waals surface area contributed by atoms with Gasteiger partial charge in [-0.25, -0.2) is 14.8 Å². The number of piperazine rings is 1. The molecule has 0 saturated carbocycles. The molecule has 0 atom stereocenters. The fraction of sp³-hybridized carbons (Fsp3) is 0.524. The van der Waals surface area contributed by atoms with Crippen molar-refractivity contribution in [3.8, 4) is 11.3 Å². The lowest BCUT2D eigenvalue weighted by atomic mass is 10.2. The molecule has 0 N–H and O–H groups in total. The summed E-state index contributed by atoms with van der Waals surface area (Å²) in [5.74, 6) is 0.966. The topological polar surface area (TPSA) is 90.0 Å². The SMILES string of the molecule is COCCn1cc(-c2cc3ncc(N4CCN(C(=O)OC(C)(C)C)CC4)n3cn2)cn1. The van der Waals surface area contributed by atoms with Gasteiger partial charge >= 0.3 is 6.09 Å². The van der Waals surface area contributed by atoms with E-state index in [1.165, 1.54) is 0 Å². The quantitative estimate of drug-likeness (QED) is 0.617. The molecule has 10 heteroatoms. The van der Waals surface area contributed by atoms with Gasteiger partial charge in [0.2, 0.25) is 0 Å². The van der Waals surface area contributed by atoms with E-state index in [2.05, 4.69) is 20.0 Å². The maximum atomic E-state index is 12.3. The summed E-state index contributed by atoms with van der Waals surface area (Å²) in [5, 5.41) is 4.35. The monoisotopic (exact) mass is 427 g/mol. The zero-order valence-corrected chi connectivity index (χ0v) is 18.5. The van der Waals surface area contributed by atoms with Crippen LogP contribution in [0.3, 0.4) is 0 Å². The predicted octanol–water partition coefficient (Wildman–Crippen LogP) is 2.30. The Kier molecular flexibility index (Phi) is 5.81. The Morgan fingerprint density at radius 2 is 1.90 bits per heavy atom. The zero-order valence-electron chi connectivity index (χ0n) is 18.5. The molecule has 0 spiro atoms. The van der Waals surface area contributed by atoms with Crippen molar-refractivity contribution in [1.82, 2.24) is 29.0 Å². The van der Waals surface area contributed by atoms with Crippen molar-refractivity contribution in [3.63, 3.8) is 0 Å². The Labute approximate surface area is 181 Å². The number of carbonyl (C=O) groups is 1. The second-order valence-corrected chi connectivity index (χ2v) is 8.56. The van der Waals surface area contributed by atoms with Crippen molar-refractivity contribution in [3.05, 3.63) is 31.0 Å². The highest BCUT2D eigenvalue weighted by Gasteiger charge is 2.27. The third-order valence-corrected chi connectivity index (χ3v) is 5.09. The van der Waals surface area contributed by atoms with Crippen molar-refractivity contribution in [1.29, 1.82) is 0 Å². The number of imidazole rings is 1. The van der Waals surface area contributed by atoms with Crippen LogP contribution in [0.2, 0.25) is 0 Å². The molecule has 0 aromatic carbocycles. The normalized spacial score (nSPS) is 15.0. The number of anilines is 1. The molecule has 0 unspecified atom stereocenters. The van der Waals surface area contributed by atoms with Crippen LogP contribution in [0.25, 0.3) is 16.9 Å². The molecule has 1 amide bonds. The first-order chi connectivity index (χ1) is 14.8. The van der Waals surface area contributed by atoms with E-state index >= 15 is 0 Å². The molecule has 4 heterocycles. The van der Waals surface area contributed by atoms with Crippen molar-refractivity contribution >= 4 is 17.6 Å². The van der Waals surface area contributed by atoms with Gasteiger partial charge in [0.1, 0.15) is 23.4 Å². The largest absolute Gasteiger partial charge is 0.444 e. The van der Waals surface area contributed by atoms with Crippen LogP contribution < -0.4 is 4.90 Å². The van der Waals surface area contributed by atoms with Crippen LogP contribution in [0.5, 0.6) is 0 Å². The van der Waals surface area contributed by atoms with Crippen molar-refractivity contribution < 1.29 is 14.3 Å². The first-order valence-electron chi connectivity index (χ1n) is 10.4. The van der Waals surface area contributed by atoms with Crippen molar-refractivity contribution in [2.45, 2.75) is 32.9 Å². The summed E-state index contributed by atoms with van der Waals surface area (Å²) in [6.45, 7) is 9.58. The molecule has 10 nitrogen and oxygen atoms in total. The number of nitrogens with zero attached hydrogens (tertiary/aromatic N) is 7. The molecule has 0 aliphatic carbocycles. The van der Waals surface area contributed by atoms with Gasteiger partial charge < -0.3 is 19.3 Å². The molecule has 4 rings (SSSR count). The number of amides is 1. The Morgan fingerprint density at radius 3 is 2.61 bits per heavy atom. The maximum absolute atomic E-state index is 12.3. The van der Waals surface area contributed by atoms with Gasteiger partial charge in [0.05, 0.1) is 31.2 Å². The molecule has 1 aliphatic heterocycles. The summed E-state index contributed by atoms with van der Waals surface area (Å²) in [7, 11) is 1.67. The Balaban J connectivity index is 1.44. The van der Waals surface area contributed by atoms with Gasteiger partial charge in [-0.3, -0.25) is 9.08 Å². The fourth-order valence-electron chi connectivity index (χ4n) is 3.51. The lowest BCUT2D eigenvalue weighted by Gasteiger charge is -2.36. The molecule has 1 saturated heterocycles. The highest BCUT2D eigenvalue weighted by Crippen LogP contribution is 2.23. The smallest absolute Gasteiger partial charge is 0.410 e. The molecule has 3 aromatic heterocycles. The number of rotatable bonds is 5. The molecule has 0 bridgehead atoms. The lowest BCUT2D eigenvalue weighted by Crippen LogP contribution is -2.50. The molecule has 0 radical (unpaired) electrons. The Morgan fingerprint density at radius 1 is 1.13 bits per heavy atom. The molecule has 3 aromatic rings. The van der Waals surface area contributed by atoms with Gasteiger partial charge in [-0.1, -0.05) is 0 Å². The van der Waals surface area contributed by atoms with E-state index in [4.69, 9.17) is 9.47 Å².